The lowest BCUT2D eigenvalue weighted by molar-refractivity contribution is 0.0724. The number of carbonyl (C=O) groups excluding carboxylic acids is 1. The van der Waals surface area contributed by atoms with E-state index in [1.807, 2.05) is 13.8 Å². The third-order valence-electron chi connectivity index (χ3n) is 2.80. The first-order valence-corrected chi connectivity index (χ1v) is 6.27. The molecule has 100 valence electrons. The number of nitrogens with two attached hydrogens (primary N) is 1. The SMILES string of the molecule is C=CCN(C(=O)c1n[nH]c(CCC)c1N)C(C)C. The Balaban J connectivity index is 2.98. The normalized spacial score (nSPS) is 10.7. The molecule has 0 bridgehead atoms. The topological polar surface area (TPSA) is 75.0 Å². The third-order valence-corrected chi connectivity index (χ3v) is 2.80. The highest BCUT2D eigenvalue weighted by molar-refractivity contribution is 5.97. The van der Waals surface area contributed by atoms with Gasteiger partial charge in [0.2, 0.25) is 0 Å². The maximum atomic E-state index is 12.3. The van der Waals surface area contributed by atoms with Crippen LogP contribution in [0.3, 0.4) is 0 Å². The summed E-state index contributed by atoms with van der Waals surface area (Å²) in [5, 5.41) is 6.89. The van der Waals surface area contributed by atoms with E-state index in [-0.39, 0.29) is 11.9 Å². The molecule has 0 aromatic carbocycles. The van der Waals surface area contributed by atoms with Gasteiger partial charge in [-0.05, 0) is 20.3 Å². The molecule has 0 aliphatic carbocycles. The maximum Gasteiger partial charge on any atom is 0.277 e. The fourth-order valence-corrected chi connectivity index (χ4v) is 1.79. The molecule has 5 nitrogen and oxygen atoms in total. The fraction of sp³-hybridized carbons (Fsp3) is 0.538. The van der Waals surface area contributed by atoms with E-state index in [2.05, 4.69) is 23.7 Å². The van der Waals surface area contributed by atoms with E-state index in [0.29, 0.717) is 17.9 Å². The van der Waals surface area contributed by atoms with Crippen molar-refractivity contribution >= 4 is 11.6 Å². The molecule has 0 radical (unpaired) electrons. The van der Waals surface area contributed by atoms with Crippen molar-refractivity contribution in [1.29, 1.82) is 0 Å². The van der Waals surface area contributed by atoms with E-state index < -0.39 is 0 Å². The van der Waals surface area contributed by atoms with Crippen LogP contribution in [0.15, 0.2) is 12.7 Å². The number of aryl methyl sites for hydroxylation is 1. The highest BCUT2D eigenvalue weighted by Gasteiger charge is 2.23. The second-order valence-electron chi connectivity index (χ2n) is 4.55. The Morgan fingerprint density at radius 2 is 2.28 bits per heavy atom. The van der Waals surface area contributed by atoms with E-state index in [0.717, 1.165) is 18.5 Å². The van der Waals surface area contributed by atoms with Gasteiger partial charge in [0.05, 0.1) is 11.4 Å². The predicted molar refractivity (Wildman–Crippen MR) is 73.4 cm³/mol. The molecule has 0 aliphatic heterocycles. The van der Waals surface area contributed by atoms with Gasteiger partial charge >= 0.3 is 0 Å². The van der Waals surface area contributed by atoms with Crippen LogP contribution in [0.2, 0.25) is 0 Å². The van der Waals surface area contributed by atoms with Crippen LogP contribution in [0.25, 0.3) is 0 Å². The van der Waals surface area contributed by atoms with E-state index in [9.17, 15) is 4.79 Å². The Labute approximate surface area is 108 Å². The second-order valence-corrected chi connectivity index (χ2v) is 4.55. The minimum Gasteiger partial charge on any atom is -0.395 e. The predicted octanol–water partition coefficient (Wildman–Crippen LogP) is 1.98. The summed E-state index contributed by atoms with van der Waals surface area (Å²) in [5.74, 6) is -0.152. The fourth-order valence-electron chi connectivity index (χ4n) is 1.79. The number of rotatable bonds is 6. The van der Waals surface area contributed by atoms with Crippen LogP contribution >= 0.6 is 0 Å². The zero-order valence-electron chi connectivity index (χ0n) is 11.4. The largest absolute Gasteiger partial charge is 0.395 e. The molecule has 0 fully saturated rings. The van der Waals surface area contributed by atoms with Crippen LogP contribution in [-0.4, -0.2) is 33.6 Å². The Hall–Kier alpha value is -1.78. The van der Waals surface area contributed by atoms with Crippen LogP contribution in [0, 0.1) is 0 Å². The number of H-pyrrole nitrogens is 1. The number of aromatic nitrogens is 2. The van der Waals surface area contributed by atoms with Crippen molar-refractivity contribution in [2.24, 2.45) is 0 Å². The number of nitrogens with one attached hydrogen (secondary N) is 1. The molecule has 1 aromatic rings. The van der Waals surface area contributed by atoms with Crippen LogP contribution in [0.4, 0.5) is 5.69 Å². The van der Waals surface area contributed by atoms with Gasteiger partial charge in [0.25, 0.3) is 5.91 Å². The molecule has 0 atom stereocenters. The highest BCUT2D eigenvalue weighted by atomic mass is 16.2. The molecule has 18 heavy (non-hydrogen) atoms. The standard InChI is InChI=1S/C13H22N4O/c1-5-7-10-11(14)12(16-15-10)13(18)17(8-6-2)9(3)4/h6,9H,2,5,7-8,14H2,1,3-4H3,(H,15,16). The third kappa shape index (κ3) is 2.91. The van der Waals surface area contributed by atoms with Gasteiger partial charge in [-0.2, -0.15) is 5.10 Å². The number of carbonyl (C=O) groups is 1. The van der Waals surface area contributed by atoms with Crippen LogP contribution in [0.5, 0.6) is 0 Å². The van der Waals surface area contributed by atoms with Gasteiger partial charge in [-0.1, -0.05) is 19.4 Å². The van der Waals surface area contributed by atoms with Crippen LogP contribution in [0.1, 0.15) is 43.4 Å². The molecule has 0 aliphatic rings. The van der Waals surface area contributed by atoms with E-state index in [1.165, 1.54) is 0 Å². The summed E-state index contributed by atoms with van der Waals surface area (Å²) in [6.45, 7) is 10.1. The van der Waals surface area contributed by atoms with E-state index in [1.54, 1.807) is 11.0 Å². The molecule has 5 heteroatoms. The van der Waals surface area contributed by atoms with Crippen molar-refractivity contribution < 1.29 is 4.79 Å². The molecule has 1 heterocycles. The second kappa shape index (κ2) is 6.23. The van der Waals surface area contributed by atoms with Crippen LogP contribution in [-0.2, 0) is 6.42 Å². The monoisotopic (exact) mass is 250 g/mol. The number of anilines is 1. The van der Waals surface area contributed by atoms with Gasteiger partial charge in [-0.25, -0.2) is 0 Å². The number of amides is 1. The molecular formula is C13H22N4O. The average molecular weight is 250 g/mol. The molecule has 1 amide bonds. The van der Waals surface area contributed by atoms with Gasteiger partial charge < -0.3 is 10.6 Å². The lowest BCUT2D eigenvalue weighted by Gasteiger charge is -2.24. The summed E-state index contributed by atoms with van der Waals surface area (Å²) in [7, 11) is 0. The van der Waals surface area contributed by atoms with Gasteiger partial charge in [0.15, 0.2) is 5.69 Å². The molecular weight excluding hydrogens is 228 g/mol. The molecule has 1 aromatic heterocycles. The molecule has 3 N–H and O–H groups in total. The Bertz CT molecular complexity index is 423. The zero-order chi connectivity index (χ0) is 13.7. The number of hydrogen-bond donors (Lipinski definition) is 2. The number of aromatic amines is 1. The maximum absolute atomic E-state index is 12.3. The Kier molecular flexibility index (Phi) is 4.95. The lowest BCUT2D eigenvalue weighted by atomic mass is 10.2. The summed E-state index contributed by atoms with van der Waals surface area (Å²) in [4.78, 5) is 14.0. The van der Waals surface area contributed by atoms with Crippen molar-refractivity contribution in [2.45, 2.75) is 39.7 Å². The van der Waals surface area contributed by atoms with Crippen molar-refractivity contribution in [1.82, 2.24) is 15.1 Å². The first-order valence-electron chi connectivity index (χ1n) is 6.27. The van der Waals surface area contributed by atoms with Crippen molar-refractivity contribution in [2.75, 3.05) is 12.3 Å². The zero-order valence-corrected chi connectivity index (χ0v) is 11.4. The first-order chi connectivity index (χ1) is 8.52. The van der Waals surface area contributed by atoms with Gasteiger partial charge in [0, 0.05) is 12.6 Å². The quantitative estimate of drug-likeness (QED) is 0.758. The molecule has 0 unspecified atom stereocenters. The number of hydrogen-bond acceptors (Lipinski definition) is 3. The smallest absolute Gasteiger partial charge is 0.277 e. The summed E-state index contributed by atoms with van der Waals surface area (Å²) in [6, 6.07) is 0.0845. The van der Waals surface area contributed by atoms with Crippen LogP contribution < -0.4 is 5.73 Å². The minimum absolute atomic E-state index is 0.0845. The molecule has 0 spiro atoms. The lowest BCUT2D eigenvalue weighted by Crippen LogP contribution is -2.37. The molecule has 0 saturated heterocycles. The average Bonchev–Trinajstić information content (AvgIpc) is 2.67. The van der Waals surface area contributed by atoms with E-state index in [4.69, 9.17) is 5.73 Å². The van der Waals surface area contributed by atoms with E-state index >= 15 is 0 Å². The Morgan fingerprint density at radius 3 is 2.78 bits per heavy atom. The van der Waals surface area contributed by atoms with Gasteiger partial charge in [0.1, 0.15) is 0 Å². The first kappa shape index (κ1) is 14.3. The van der Waals surface area contributed by atoms with Crippen molar-refractivity contribution in [3.63, 3.8) is 0 Å². The summed E-state index contributed by atoms with van der Waals surface area (Å²) >= 11 is 0. The summed E-state index contributed by atoms with van der Waals surface area (Å²) in [6.07, 6.45) is 3.46. The highest BCUT2D eigenvalue weighted by Crippen LogP contribution is 2.18. The summed E-state index contributed by atoms with van der Waals surface area (Å²) in [5.41, 5.74) is 7.58. The molecule has 1 rings (SSSR count). The Morgan fingerprint density at radius 1 is 1.61 bits per heavy atom. The number of nitrogen functional groups attached to an aromatic ring is 1. The molecule has 0 saturated carbocycles. The summed E-state index contributed by atoms with van der Waals surface area (Å²) < 4.78 is 0. The van der Waals surface area contributed by atoms with Crippen molar-refractivity contribution in [3.05, 3.63) is 24.0 Å². The van der Waals surface area contributed by atoms with Gasteiger partial charge in [-0.15, -0.1) is 6.58 Å². The van der Waals surface area contributed by atoms with Gasteiger partial charge in [-0.3, -0.25) is 9.89 Å². The number of nitrogens with zero attached hydrogens (tertiary/aromatic N) is 2. The van der Waals surface area contributed by atoms with Crippen molar-refractivity contribution in [3.8, 4) is 0 Å². The minimum atomic E-state index is -0.152.